The number of carbonyl (C=O) groups excluding carboxylic acids is 1. The van der Waals surface area contributed by atoms with Crippen LogP contribution in [-0.2, 0) is 13.7 Å². The maximum Gasteiger partial charge on any atom is 0.270 e. The van der Waals surface area contributed by atoms with Gasteiger partial charge in [0.25, 0.3) is 5.91 Å². The third-order valence-electron chi connectivity index (χ3n) is 4.25. The third kappa shape index (κ3) is 4.07. The van der Waals surface area contributed by atoms with E-state index in [1.165, 1.54) is 4.68 Å². The van der Waals surface area contributed by atoms with Crippen molar-refractivity contribution in [2.24, 2.45) is 7.05 Å². The molecule has 0 saturated carbocycles. The number of aliphatic hydroxyl groups excluding tert-OH is 2. The SMILES string of the molecule is Cn1nc2ccc(OCc3ccccn3)cc2c1C(=O)NC(C)(CO)CO. The largest absolute Gasteiger partial charge is 0.487 e. The van der Waals surface area contributed by atoms with Gasteiger partial charge in [-0.2, -0.15) is 5.10 Å². The van der Waals surface area contributed by atoms with E-state index in [0.717, 1.165) is 5.69 Å². The maximum atomic E-state index is 12.7. The molecule has 2 aromatic heterocycles. The van der Waals surface area contributed by atoms with Crippen LogP contribution in [0.5, 0.6) is 5.75 Å². The molecular weight excluding hydrogens is 348 g/mol. The average molecular weight is 370 g/mol. The molecule has 0 aliphatic rings. The first-order valence-corrected chi connectivity index (χ1v) is 8.49. The Balaban J connectivity index is 1.87. The molecule has 0 aliphatic heterocycles. The number of amides is 1. The van der Waals surface area contributed by atoms with Gasteiger partial charge in [0.05, 0.1) is 30.0 Å². The Hall–Kier alpha value is -2.97. The van der Waals surface area contributed by atoms with Crippen LogP contribution in [0.2, 0.25) is 0 Å². The Morgan fingerprint density at radius 1 is 1.26 bits per heavy atom. The number of carbonyl (C=O) groups is 1. The highest BCUT2D eigenvalue weighted by Gasteiger charge is 2.27. The second-order valence-electron chi connectivity index (χ2n) is 6.59. The zero-order valence-corrected chi connectivity index (χ0v) is 15.2. The minimum Gasteiger partial charge on any atom is -0.487 e. The number of aromatic nitrogens is 3. The summed E-state index contributed by atoms with van der Waals surface area (Å²) in [5.41, 5.74) is 0.633. The zero-order valence-electron chi connectivity index (χ0n) is 15.2. The molecule has 1 aromatic carbocycles. The van der Waals surface area contributed by atoms with E-state index in [-0.39, 0.29) is 13.2 Å². The Bertz CT molecular complexity index is 936. The van der Waals surface area contributed by atoms with E-state index in [1.54, 1.807) is 38.4 Å². The van der Waals surface area contributed by atoms with Gasteiger partial charge in [-0.05, 0) is 37.3 Å². The van der Waals surface area contributed by atoms with Crippen molar-refractivity contribution in [1.82, 2.24) is 20.1 Å². The molecular formula is C19H22N4O4. The average Bonchev–Trinajstić information content (AvgIpc) is 3.02. The first kappa shape index (κ1) is 18.8. The molecule has 0 bridgehead atoms. The first-order chi connectivity index (χ1) is 13.0. The van der Waals surface area contributed by atoms with Crippen LogP contribution in [0.4, 0.5) is 0 Å². The van der Waals surface area contributed by atoms with Gasteiger partial charge in [0, 0.05) is 18.6 Å². The molecule has 8 heteroatoms. The molecule has 27 heavy (non-hydrogen) atoms. The van der Waals surface area contributed by atoms with E-state index in [1.807, 2.05) is 18.2 Å². The van der Waals surface area contributed by atoms with Gasteiger partial charge >= 0.3 is 0 Å². The summed E-state index contributed by atoms with van der Waals surface area (Å²) in [6.45, 7) is 1.10. The van der Waals surface area contributed by atoms with E-state index < -0.39 is 11.4 Å². The second-order valence-corrected chi connectivity index (χ2v) is 6.59. The Morgan fingerprint density at radius 2 is 2.04 bits per heavy atom. The van der Waals surface area contributed by atoms with Crippen molar-refractivity contribution in [2.75, 3.05) is 13.2 Å². The van der Waals surface area contributed by atoms with Gasteiger partial charge in [0.15, 0.2) is 0 Å². The summed E-state index contributed by atoms with van der Waals surface area (Å²) in [6, 6.07) is 10.9. The highest BCUT2D eigenvalue weighted by molar-refractivity contribution is 6.05. The summed E-state index contributed by atoms with van der Waals surface area (Å²) in [7, 11) is 1.67. The number of fused-ring (bicyclic) bond motifs is 1. The van der Waals surface area contributed by atoms with E-state index >= 15 is 0 Å². The zero-order chi connectivity index (χ0) is 19.4. The second kappa shape index (κ2) is 7.73. The van der Waals surface area contributed by atoms with Gasteiger partial charge < -0.3 is 20.3 Å². The predicted molar refractivity (Wildman–Crippen MR) is 99.3 cm³/mol. The minimum atomic E-state index is -1.12. The number of benzene rings is 1. The summed E-state index contributed by atoms with van der Waals surface area (Å²) in [4.78, 5) is 16.9. The van der Waals surface area contributed by atoms with Crippen molar-refractivity contribution in [1.29, 1.82) is 0 Å². The highest BCUT2D eigenvalue weighted by atomic mass is 16.5. The summed E-state index contributed by atoms with van der Waals surface area (Å²) in [6.07, 6.45) is 1.70. The van der Waals surface area contributed by atoms with Crippen molar-refractivity contribution in [2.45, 2.75) is 19.1 Å². The van der Waals surface area contributed by atoms with Crippen molar-refractivity contribution in [3.63, 3.8) is 0 Å². The molecule has 0 radical (unpaired) electrons. The molecule has 3 N–H and O–H groups in total. The van der Waals surface area contributed by atoms with Gasteiger partial charge in [-0.15, -0.1) is 0 Å². The number of ether oxygens (including phenoxy) is 1. The van der Waals surface area contributed by atoms with Gasteiger partial charge in [0.2, 0.25) is 0 Å². The van der Waals surface area contributed by atoms with Crippen LogP contribution >= 0.6 is 0 Å². The molecule has 0 spiro atoms. The number of rotatable bonds is 7. The molecule has 2 heterocycles. The number of aliphatic hydroxyl groups is 2. The van der Waals surface area contributed by atoms with E-state index in [0.29, 0.717) is 29.0 Å². The lowest BCUT2D eigenvalue weighted by molar-refractivity contribution is 0.0717. The molecule has 0 atom stereocenters. The maximum absolute atomic E-state index is 12.7. The normalized spacial score (nSPS) is 11.6. The molecule has 3 rings (SSSR count). The Kier molecular flexibility index (Phi) is 5.38. The standard InChI is InChI=1S/C19H22N4O4/c1-19(11-24,12-25)21-18(26)17-15-9-14(6-7-16(15)22-23(17)2)27-10-13-5-3-4-8-20-13/h3-9,24-25H,10-12H2,1-2H3,(H,21,26). The number of nitrogens with one attached hydrogen (secondary N) is 1. The smallest absolute Gasteiger partial charge is 0.270 e. The van der Waals surface area contributed by atoms with E-state index in [4.69, 9.17) is 4.74 Å². The fourth-order valence-corrected chi connectivity index (χ4v) is 2.64. The number of nitrogens with zero attached hydrogens (tertiary/aromatic N) is 3. The van der Waals surface area contributed by atoms with Gasteiger partial charge in [0.1, 0.15) is 18.1 Å². The molecule has 0 saturated heterocycles. The third-order valence-corrected chi connectivity index (χ3v) is 4.25. The fourth-order valence-electron chi connectivity index (χ4n) is 2.64. The summed E-state index contributed by atoms with van der Waals surface area (Å²) < 4.78 is 7.25. The molecule has 0 aliphatic carbocycles. The van der Waals surface area contributed by atoms with Crippen LogP contribution in [0.15, 0.2) is 42.6 Å². The molecule has 1 amide bonds. The van der Waals surface area contributed by atoms with Crippen LogP contribution < -0.4 is 10.1 Å². The highest BCUT2D eigenvalue weighted by Crippen LogP contribution is 2.24. The topological polar surface area (TPSA) is 110 Å². The molecule has 0 fully saturated rings. The molecule has 142 valence electrons. The quantitative estimate of drug-likeness (QED) is 0.573. The molecule has 3 aromatic rings. The van der Waals surface area contributed by atoms with Crippen LogP contribution in [0.25, 0.3) is 10.9 Å². The minimum absolute atomic E-state index is 0.307. The summed E-state index contributed by atoms with van der Waals surface area (Å²) >= 11 is 0. The van der Waals surface area contributed by atoms with Crippen LogP contribution in [0, 0.1) is 0 Å². The number of aryl methyl sites for hydroxylation is 1. The first-order valence-electron chi connectivity index (χ1n) is 8.49. The van der Waals surface area contributed by atoms with Gasteiger partial charge in [-0.1, -0.05) is 6.07 Å². The Labute approximate surface area is 156 Å². The molecule has 8 nitrogen and oxygen atoms in total. The van der Waals surface area contributed by atoms with Crippen LogP contribution in [-0.4, -0.2) is 49.6 Å². The summed E-state index contributed by atoms with van der Waals surface area (Å²) in [5, 5.41) is 26.4. The van der Waals surface area contributed by atoms with Crippen LogP contribution in [0.3, 0.4) is 0 Å². The van der Waals surface area contributed by atoms with E-state index in [9.17, 15) is 15.0 Å². The lowest BCUT2D eigenvalue weighted by atomic mass is 10.0. The number of pyridine rings is 1. The monoisotopic (exact) mass is 370 g/mol. The van der Waals surface area contributed by atoms with Crippen molar-refractivity contribution in [3.05, 3.63) is 54.0 Å². The predicted octanol–water partition coefficient (Wildman–Crippen LogP) is 1.02. The molecule has 0 unspecified atom stereocenters. The lowest BCUT2D eigenvalue weighted by Crippen LogP contribution is -2.52. The Morgan fingerprint density at radius 3 is 2.70 bits per heavy atom. The van der Waals surface area contributed by atoms with Crippen LogP contribution in [0.1, 0.15) is 23.1 Å². The fraction of sp³-hybridized carbons (Fsp3) is 0.316. The number of hydrogen-bond donors (Lipinski definition) is 3. The van der Waals surface area contributed by atoms with Crippen molar-refractivity contribution < 1.29 is 19.7 Å². The lowest BCUT2D eigenvalue weighted by Gasteiger charge is -2.26. The van der Waals surface area contributed by atoms with Crippen molar-refractivity contribution >= 4 is 16.8 Å². The number of hydrogen-bond acceptors (Lipinski definition) is 6. The van der Waals surface area contributed by atoms with Gasteiger partial charge in [-0.25, -0.2) is 0 Å². The van der Waals surface area contributed by atoms with E-state index in [2.05, 4.69) is 15.4 Å². The van der Waals surface area contributed by atoms with Gasteiger partial charge in [-0.3, -0.25) is 14.5 Å². The summed E-state index contributed by atoms with van der Waals surface area (Å²) in [5.74, 6) is 0.148. The van der Waals surface area contributed by atoms with Crippen molar-refractivity contribution in [3.8, 4) is 5.75 Å².